The molecule has 0 saturated carbocycles. The summed E-state index contributed by atoms with van der Waals surface area (Å²) in [5.41, 5.74) is 0.415. The van der Waals surface area contributed by atoms with Crippen LogP contribution in [0.2, 0.25) is 0 Å². The fourth-order valence-electron chi connectivity index (χ4n) is 4.14. The van der Waals surface area contributed by atoms with Gasteiger partial charge in [-0.1, -0.05) is 64.7 Å². The van der Waals surface area contributed by atoms with Gasteiger partial charge in [-0.2, -0.15) is 0 Å². The molecular formula is C26H39N3O5. The van der Waals surface area contributed by atoms with E-state index in [1.807, 2.05) is 0 Å². The number of unbranched alkanes of at least 4 members (excludes halogenated alkanes) is 9. The Morgan fingerprint density at radius 3 is 1.91 bits per heavy atom. The zero-order chi connectivity index (χ0) is 24.8. The standard InChI is InChI=1S/C26H39N3O5/c1-2-3-4-5-6-7-8-9-10-11-13-21(20-29-24(32)16-17-25(29)33)26(34)27-18-12-19-28-22(30)14-15-23(28)31/h14-15,20H,2-13,16-19H2,1H3,(H,27,34). The summed E-state index contributed by atoms with van der Waals surface area (Å²) < 4.78 is 0. The summed E-state index contributed by atoms with van der Waals surface area (Å²) in [6.45, 7) is 2.73. The molecule has 1 saturated heterocycles. The number of nitrogens with one attached hydrogen (secondary N) is 1. The average Bonchev–Trinajstić information content (AvgIpc) is 3.31. The number of carbonyl (C=O) groups is 5. The molecule has 2 aliphatic rings. The third kappa shape index (κ3) is 9.23. The maximum atomic E-state index is 12.8. The number of carbonyl (C=O) groups excluding carboxylic acids is 5. The Morgan fingerprint density at radius 1 is 0.824 bits per heavy atom. The van der Waals surface area contributed by atoms with Gasteiger partial charge in [0.15, 0.2) is 0 Å². The summed E-state index contributed by atoms with van der Waals surface area (Å²) in [7, 11) is 0. The van der Waals surface area contributed by atoms with E-state index in [0.29, 0.717) is 18.4 Å². The molecule has 0 aliphatic carbocycles. The fraction of sp³-hybridized carbons (Fsp3) is 0.654. The molecule has 2 rings (SSSR count). The Kier molecular flexibility index (Phi) is 12.3. The molecular weight excluding hydrogens is 434 g/mol. The van der Waals surface area contributed by atoms with E-state index < -0.39 is 0 Å². The molecule has 8 nitrogen and oxygen atoms in total. The molecule has 188 valence electrons. The number of amides is 5. The highest BCUT2D eigenvalue weighted by atomic mass is 16.2. The molecule has 0 aromatic carbocycles. The molecule has 1 fully saturated rings. The largest absolute Gasteiger partial charge is 0.352 e. The number of rotatable bonds is 17. The lowest BCUT2D eigenvalue weighted by Crippen LogP contribution is -2.34. The van der Waals surface area contributed by atoms with Gasteiger partial charge in [0.2, 0.25) is 17.7 Å². The van der Waals surface area contributed by atoms with Crippen molar-refractivity contribution in [2.75, 3.05) is 13.1 Å². The van der Waals surface area contributed by atoms with E-state index in [9.17, 15) is 24.0 Å². The van der Waals surface area contributed by atoms with Crippen LogP contribution in [0.4, 0.5) is 0 Å². The van der Waals surface area contributed by atoms with Crippen LogP contribution in [-0.4, -0.2) is 52.4 Å². The minimum Gasteiger partial charge on any atom is -0.352 e. The van der Waals surface area contributed by atoms with Crippen LogP contribution in [0.5, 0.6) is 0 Å². The summed E-state index contributed by atoms with van der Waals surface area (Å²) >= 11 is 0. The molecule has 0 bridgehead atoms. The van der Waals surface area contributed by atoms with Crippen molar-refractivity contribution in [3.8, 4) is 0 Å². The Balaban J connectivity index is 1.76. The molecule has 1 N–H and O–H groups in total. The van der Waals surface area contributed by atoms with Gasteiger partial charge in [0.1, 0.15) is 0 Å². The zero-order valence-corrected chi connectivity index (χ0v) is 20.5. The minimum atomic E-state index is -0.344. The van der Waals surface area contributed by atoms with Gasteiger partial charge in [-0.05, 0) is 19.3 Å². The molecule has 34 heavy (non-hydrogen) atoms. The highest BCUT2D eigenvalue weighted by Gasteiger charge is 2.28. The van der Waals surface area contributed by atoms with Gasteiger partial charge < -0.3 is 5.32 Å². The first-order valence-corrected chi connectivity index (χ1v) is 12.8. The molecule has 5 amide bonds. The van der Waals surface area contributed by atoms with E-state index in [1.165, 1.54) is 63.3 Å². The maximum absolute atomic E-state index is 12.8. The summed E-state index contributed by atoms with van der Waals surface area (Å²) in [6, 6.07) is 0. The van der Waals surface area contributed by atoms with Crippen molar-refractivity contribution in [2.24, 2.45) is 0 Å². The van der Waals surface area contributed by atoms with Crippen molar-refractivity contribution in [2.45, 2.75) is 96.8 Å². The van der Waals surface area contributed by atoms with Crippen LogP contribution in [0, 0.1) is 0 Å². The summed E-state index contributed by atoms with van der Waals surface area (Å²) in [6.07, 6.45) is 16.9. The lowest BCUT2D eigenvalue weighted by Gasteiger charge is -2.15. The summed E-state index contributed by atoms with van der Waals surface area (Å²) in [4.78, 5) is 62.2. The second kappa shape index (κ2) is 15.2. The van der Waals surface area contributed by atoms with E-state index in [2.05, 4.69) is 12.2 Å². The molecule has 8 heteroatoms. The van der Waals surface area contributed by atoms with Gasteiger partial charge in [-0.15, -0.1) is 0 Å². The van der Waals surface area contributed by atoms with E-state index in [4.69, 9.17) is 0 Å². The first-order chi connectivity index (χ1) is 16.4. The molecule has 2 heterocycles. The number of likely N-dealkylation sites (tertiary alicyclic amines) is 1. The number of imide groups is 2. The van der Waals surface area contributed by atoms with Crippen LogP contribution in [-0.2, 0) is 24.0 Å². The fourth-order valence-corrected chi connectivity index (χ4v) is 4.14. The maximum Gasteiger partial charge on any atom is 0.253 e. The quantitative estimate of drug-likeness (QED) is 0.197. The van der Waals surface area contributed by atoms with Crippen LogP contribution < -0.4 is 5.32 Å². The first kappa shape index (κ1) is 27.5. The normalized spacial score (nSPS) is 16.3. The Bertz CT molecular complexity index is 768. The van der Waals surface area contributed by atoms with Crippen LogP contribution in [0.3, 0.4) is 0 Å². The minimum absolute atomic E-state index is 0.175. The van der Waals surface area contributed by atoms with E-state index in [0.717, 1.165) is 29.1 Å². The Labute approximate surface area is 202 Å². The topological polar surface area (TPSA) is 104 Å². The smallest absolute Gasteiger partial charge is 0.253 e. The van der Waals surface area contributed by atoms with Gasteiger partial charge >= 0.3 is 0 Å². The van der Waals surface area contributed by atoms with Crippen molar-refractivity contribution in [1.82, 2.24) is 15.1 Å². The monoisotopic (exact) mass is 473 g/mol. The van der Waals surface area contributed by atoms with E-state index in [1.54, 1.807) is 0 Å². The Morgan fingerprint density at radius 2 is 1.35 bits per heavy atom. The lowest BCUT2D eigenvalue weighted by molar-refractivity contribution is -0.137. The molecule has 0 atom stereocenters. The molecule has 0 aromatic rings. The molecule has 0 spiro atoms. The third-order valence-corrected chi connectivity index (χ3v) is 6.21. The number of hydrogen-bond donors (Lipinski definition) is 1. The van der Waals surface area contributed by atoms with Gasteiger partial charge in [0, 0.05) is 49.9 Å². The van der Waals surface area contributed by atoms with Crippen LogP contribution in [0.15, 0.2) is 23.9 Å². The summed E-state index contributed by atoms with van der Waals surface area (Å²) in [5, 5.41) is 2.80. The van der Waals surface area contributed by atoms with Gasteiger partial charge in [0.05, 0.1) is 0 Å². The van der Waals surface area contributed by atoms with E-state index >= 15 is 0 Å². The molecule has 0 aromatic heterocycles. The highest BCUT2D eigenvalue weighted by molar-refractivity contribution is 6.12. The first-order valence-electron chi connectivity index (χ1n) is 12.8. The van der Waals surface area contributed by atoms with Crippen molar-refractivity contribution in [1.29, 1.82) is 0 Å². The van der Waals surface area contributed by atoms with E-state index in [-0.39, 0.29) is 55.5 Å². The van der Waals surface area contributed by atoms with Crippen LogP contribution in [0.1, 0.15) is 96.8 Å². The average molecular weight is 474 g/mol. The second-order valence-corrected chi connectivity index (χ2v) is 9.01. The SMILES string of the molecule is CCCCCCCCCCCCC(=CN1C(=O)CCC1=O)C(=O)NCCCN1C(=O)C=CC1=O. The highest BCUT2D eigenvalue weighted by Crippen LogP contribution is 2.18. The lowest BCUT2D eigenvalue weighted by atomic mass is 10.0. The van der Waals surface area contributed by atoms with Crippen LogP contribution >= 0.6 is 0 Å². The van der Waals surface area contributed by atoms with Crippen molar-refractivity contribution >= 4 is 29.5 Å². The van der Waals surface area contributed by atoms with Crippen LogP contribution in [0.25, 0.3) is 0 Å². The zero-order valence-electron chi connectivity index (χ0n) is 20.5. The number of hydrogen-bond acceptors (Lipinski definition) is 5. The molecule has 0 unspecified atom stereocenters. The van der Waals surface area contributed by atoms with Gasteiger partial charge in [-0.3, -0.25) is 33.8 Å². The predicted octanol–water partition coefficient (Wildman–Crippen LogP) is 3.76. The molecule has 2 aliphatic heterocycles. The molecule has 0 radical (unpaired) electrons. The van der Waals surface area contributed by atoms with Crippen molar-refractivity contribution < 1.29 is 24.0 Å². The summed E-state index contributed by atoms with van der Waals surface area (Å²) in [5.74, 6) is -1.57. The van der Waals surface area contributed by atoms with Crippen molar-refractivity contribution in [3.05, 3.63) is 23.9 Å². The van der Waals surface area contributed by atoms with Gasteiger partial charge in [-0.25, -0.2) is 0 Å². The third-order valence-electron chi connectivity index (χ3n) is 6.21. The van der Waals surface area contributed by atoms with Gasteiger partial charge in [0.25, 0.3) is 11.8 Å². The predicted molar refractivity (Wildman–Crippen MR) is 129 cm³/mol. The Hall–Kier alpha value is -2.77. The van der Waals surface area contributed by atoms with Crippen molar-refractivity contribution in [3.63, 3.8) is 0 Å². The number of nitrogens with zero attached hydrogens (tertiary/aromatic N) is 2. The second-order valence-electron chi connectivity index (χ2n) is 9.01.